The maximum Gasteiger partial charge on any atom is 0.323 e. The molecule has 5 aromatic rings. The number of nitrogens with one attached hydrogen (secondary N) is 3. The summed E-state index contributed by atoms with van der Waals surface area (Å²) >= 11 is 0. The number of ether oxygens (including phenoxy) is 1. The summed E-state index contributed by atoms with van der Waals surface area (Å²) in [6, 6.07) is 17.3. The van der Waals surface area contributed by atoms with Gasteiger partial charge in [-0.1, -0.05) is 6.07 Å². The molecule has 0 saturated carbocycles. The first kappa shape index (κ1) is 16.5. The van der Waals surface area contributed by atoms with Crippen LogP contribution in [-0.2, 0) is 6.50 Å². The van der Waals surface area contributed by atoms with Gasteiger partial charge in [-0.25, -0.2) is 9.78 Å². The van der Waals surface area contributed by atoms with Crippen molar-refractivity contribution in [2.45, 2.75) is 6.50 Å². The lowest BCUT2D eigenvalue weighted by molar-refractivity contribution is 0.262. The van der Waals surface area contributed by atoms with Crippen LogP contribution in [0, 0.1) is 0 Å². The molecule has 7 nitrogen and oxygen atoms in total. The quantitative estimate of drug-likeness (QED) is 0.369. The third kappa shape index (κ3) is 3.69. The normalized spacial score (nSPS) is 12.4. The van der Waals surface area contributed by atoms with Crippen LogP contribution in [0.25, 0.3) is 21.9 Å². The van der Waals surface area contributed by atoms with E-state index in [1.807, 2.05) is 12.1 Å². The van der Waals surface area contributed by atoms with Crippen molar-refractivity contribution in [3.8, 4) is 5.75 Å². The Hall–Kier alpha value is -4.26. The Bertz CT molecular complexity index is 1460. The SMILES string of the molecule is [2H]C([2H])(c1ccnc2[nH]ccc12)n1ccc2c(NC(=O)Nc3ccc(OC)cc3)cccc21. The Morgan fingerprint density at radius 1 is 1.10 bits per heavy atom. The van der Waals surface area contributed by atoms with E-state index in [1.165, 1.54) is 0 Å². The number of anilines is 2. The smallest absolute Gasteiger partial charge is 0.323 e. The number of fused-ring (bicyclic) bond motifs is 2. The monoisotopic (exact) mass is 413 g/mol. The molecule has 0 saturated heterocycles. The lowest BCUT2D eigenvalue weighted by atomic mass is 10.2. The number of methoxy groups -OCH3 is 1. The summed E-state index contributed by atoms with van der Waals surface area (Å²) in [7, 11) is 1.58. The van der Waals surface area contributed by atoms with E-state index in [-0.39, 0.29) is 0 Å². The Morgan fingerprint density at radius 2 is 1.97 bits per heavy atom. The Labute approximate surface area is 181 Å². The maximum absolute atomic E-state index is 12.6. The van der Waals surface area contributed by atoms with E-state index in [0.717, 1.165) is 10.8 Å². The number of nitrogens with zero attached hydrogens (tertiary/aromatic N) is 2. The topological polar surface area (TPSA) is 84.0 Å². The molecule has 0 spiro atoms. The summed E-state index contributed by atoms with van der Waals surface area (Å²) in [6.07, 6.45) is 5.03. The zero-order valence-corrected chi connectivity index (χ0v) is 16.7. The number of pyridine rings is 1. The Kier molecular flexibility index (Phi) is 4.20. The largest absolute Gasteiger partial charge is 0.497 e. The average molecular weight is 413 g/mol. The highest BCUT2D eigenvalue weighted by Crippen LogP contribution is 2.27. The van der Waals surface area contributed by atoms with Crippen molar-refractivity contribution in [3.05, 3.63) is 84.8 Å². The molecule has 0 aliphatic heterocycles. The van der Waals surface area contributed by atoms with Crippen LogP contribution >= 0.6 is 0 Å². The van der Waals surface area contributed by atoms with E-state index >= 15 is 0 Å². The molecular formula is C24H21N5O2. The molecule has 2 amide bonds. The highest BCUT2D eigenvalue weighted by molar-refractivity contribution is 6.05. The fourth-order valence-corrected chi connectivity index (χ4v) is 3.52. The van der Waals surface area contributed by atoms with Gasteiger partial charge in [0.15, 0.2) is 0 Å². The highest BCUT2D eigenvalue weighted by Gasteiger charge is 2.11. The number of H-pyrrole nitrogens is 1. The number of carbonyl (C=O) groups excluding carboxylic acids is 1. The molecule has 0 radical (unpaired) electrons. The van der Waals surface area contributed by atoms with Gasteiger partial charge in [0.25, 0.3) is 0 Å². The second kappa shape index (κ2) is 7.87. The average Bonchev–Trinajstić information content (AvgIpc) is 3.47. The lowest BCUT2D eigenvalue weighted by Crippen LogP contribution is -2.19. The minimum atomic E-state index is -1.84. The first-order valence-corrected chi connectivity index (χ1v) is 9.72. The van der Waals surface area contributed by atoms with Gasteiger partial charge in [-0.05, 0) is 60.2 Å². The summed E-state index contributed by atoms with van der Waals surface area (Å²) in [4.78, 5) is 19.9. The maximum atomic E-state index is 12.6. The van der Waals surface area contributed by atoms with Gasteiger partial charge >= 0.3 is 6.03 Å². The van der Waals surface area contributed by atoms with Crippen molar-refractivity contribution in [2.24, 2.45) is 0 Å². The van der Waals surface area contributed by atoms with Gasteiger partial charge in [0, 0.05) is 41.5 Å². The van der Waals surface area contributed by atoms with Gasteiger partial charge in [0.2, 0.25) is 0 Å². The molecule has 7 heteroatoms. The predicted molar refractivity (Wildman–Crippen MR) is 123 cm³/mol. The number of hydrogen-bond donors (Lipinski definition) is 3. The number of rotatable bonds is 5. The van der Waals surface area contributed by atoms with Crippen LogP contribution in [0.15, 0.2) is 79.3 Å². The number of benzene rings is 2. The zero-order chi connectivity index (χ0) is 23.0. The lowest BCUT2D eigenvalue weighted by Gasteiger charge is -2.11. The van der Waals surface area contributed by atoms with Crippen LogP contribution in [0.4, 0.5) is 16.2 Å². The molecule has 3 heterocycles. The summed E-state index contributed by atoms with van der Waals surface area (Å²) in [5, 5.41) is 7.10. The fourth-order valence-electron chi connectivity index (χ4n) is 3.52. The second-order valence-corrected chi connectivity index (χ2v) is 6.94. The van der Waals surface area contributed by atoms with Gasteiger partial charge in [0.1, 0.15) is 11.4 Å². The van der Waals surface area contributed by atoms with E-state index < -0.39 is 12.5 Å². The van der Waals surface area contributed by atoms with Gasteiger partial charge in [0.05, 0.1) is 21.1 Å². The van der Waals surface area contributed by atoms with Crippen LogP contribution in [0.2, 0.25) is 0 Å². The summed E-state index contributed by atoms with van der Waals surface area (Å²) in [6.45, 7) is -1.84. The first-order valence-electron chi connectivity index (χ1n) is 10.7. The van der Waals surface area contributed by atoms with Crippen LogP contribution in [-0.4, -0.2) is 27.7 Å². The van der Waals surface area contributed by atoms with Crippen molar-refractivity contribution < 1.29 is 12.3 Å². The molecular weight excluding hydrogens is 390 g/mol. The number of aromatic amines is 1. The molecule has 2 aromatic carbocycles. The molecule has 5 rings (SSSR count). The second-order valence-electron chi connectivity index (χ2n) is 6.94. The number of amides is 2. The van der Waals surface area contributed by atoms with E-state index in [1.54, 1.807) is 78.8 Å². The van der Waals surface area contributed by atoms with Crippen molar-refractivity contribution in [1.29, 1.82) is 0 Å². The molecule has 31 heavy (non-hydrogen) atoms. The number of carbonyl (C=O) groups is 1. The number of urea groups is 1. The molecule has 0 aliphatic rings. The Morgan fingerprint density at radius 3 is 2.81 bits per heavy atom. The molecule has 154 valence electrons. The first-order chi connectivity index (χ1) is 16.0. The van der Waals surface area contributed by atoms with E-state index in [9.17, 15) is 4.79 Å². The molecule has 0 aliphatic carbocycles. The van der Waals surface area contributed by atoms with Gasteiger partial charge < -0.3 is 24.9 Å². The summed E-state index contributed by atoms with van der Waals surface area (Å²) in [5.74, 6) is 0.701. The van der Waals surface area contributed by atoms with Gasteiger partial charge in [-0.3, -0.25) is 0 Å². The van der Waals surface area contributed by atoms with E-state index in [2.05, 4.69) is 20.6 Å². The van der Waals surface area contributed by atoms with Gasteiger partial charge in [-0.2, -0.15) is 0 Å². The third-order valence-electron chi connectivity index (χ3n) is 5.03. The molecule has 0 atom stereocenters. The highest BCUT2D eigenvalue weighted by atomic mass is 16.5. The fraction of sp³-hybridized carbons (Fsp3) is 0.0833. The van der Waals surface area contributed by atoms with Crippen LogP contribution in [0.3, 0.4) is 0 Å². The molecule has 3 N–H and O–H groups in total. The molecule has 0 bridgehead atoms. The minimum Gasteiger partial charge on any atom is -0.497 e. The van der Waals surface area contributed by atoms with Gasteiger partial charge in [-0.15, -0.1) is 0 Å². The van der Waals surface area contributed by atoms with Crippen molar-refractivity contribution in [3.63, 3.8) is 0 Å². The van der Waals surface area contributed by atoms with E-state index in [4.69, 9.17) is 7.48 Å². The van der Waals surface area contributed by atoms with Crippen LogP contribution in [0.1, 0.15) is 8.30 Å². The van der Waals surface area contributed by atoms with E-state index in [0.29, 0.717) is 33.9 Å². The summed E-state index contributed by atoms with van der Waals surface area (Å²) in [5.41, 5.74) is 2.99. The zero-order valence-electron chi connectivity index (χ0n) is 18.7. The molecule has 0 fully saturated rings. The number of hydrogen-bond acceptors (Lipinski definition) is 3. The van der Waals surface area contributed by atoms with Crippen molar-refractivity contribution >= 4 is 39.3 Å². The van der Waals surface area contributed by atoms with Crippen molar-refractivity contribution in [2.75, 3.05) is 17.7 Å². The van der Waals surface area contributed by atoms with Crippen LogP contribution in [0.5, 0.6) is 5.75 Å². The van der Waals surface area contributed by atoms with Crippen molar-refractivity contribution in [1.82, 2.24) is 14.5 Å². The standard InChI is InChI=1S/C24H21N5O2/c1-31-18-7-5-17(6-8-18)27-24(30)28-21-3-2-4-22-20(21)11-14-29(22)15-16-9-12-25-23-19(16)10-13-26-23/h2-14H,15H2,1H3,(H,25,26)(H2,27,28,30)/i15D2. The third-order valence-corrected chi connectivity index (χ3v) is 5.03. The number of aromatic nitrogens is 3. The predicted octanol–water partition coefficient (Wildman–Crippen LogP) is 5.22. The molecule has 0 unspecified atom stereocenters. The molecule has 3 aromatic heterocycles. The minimum absolute atomic E-state index is 0.397. The Balaban J connectivity index is 1.45. The summed E-state index contributed by atoms with van der Waals surface area (Å²) < 4.78 is 24.5. The van der Waals surface area contributed by atoms with Crippen LogP contribution < -0.4 is 15.4 Å².